The Bertz CT molecular complexity index is 452. The van der Waals surface area contributed by atoms with E-state index in [0.29, 0.717) is 0 Å². The molecule has 0 aromatic carbocycles. The Morgan fingerprint density at radius 2 is 2.21 bits per heavy atom. The van der Waals surface area contributed by atoms with E-state index in [1.54, 1.807) is 0 Å². The van der Waals surface area contributed by atoms with Crippen molar-refractivity contribution in [1.82, 2.24) is 4.98 Å². The van der Waals surface area contributed by atoms with Gasteiger partial charge >= 0.3 is 5.97 Å². The second-order valence-corrected chi connectivity index (χ2v) is 5.01. The fourth-order valence-corrected chi connectivity index (χ4v) is 1.72. The second kappa shape index (κ2) is 3.75. The maximum Gasteiger partial charge on any atom is 0.337 e. The molecule has 0 saturated heterocycles. The summed E-state index contributed by atoms with van der Waals surface area (Å²) in [6.45, 7) is 0. The van der Waals surface area contributed by atoms with E-state index < -0.39 is 15.8 Å². The van der Waals surface area contributed by atoms with Gasteiger partial charge in [0.2, 0.25) is 0 Å². The van der Waals surface area contributed by atoms with Crippen molar-refractivity contribution in [1.29, 1.82) is 0 Å². The first-order valence-electron chi connectivity index (χ1n) is 3.75. The van der Waals surface area contributed by atoms with Gasteiger partial charge in [0, 0.05) is 12.5 Å². The SMILES string of the molecule is CS(=O)(=O)Cc1ncccc1C(=O)O. The molecular weight excluding hydrogens is 206 g/mol. The van der Waals surface area contributed by atoms with Crippen LogP contribution in [0.5, 0.6) is 0 Å². The molecule has 0 fully saturated rings. The van der Waals surface area contributed by atoms with Gasteiger partial charge in [-0.1, -0.05) is 0 Å². The minimum atomic E-state index is -3.26. The van der Waals surface area contributed by atoms with Crippen LogP contribution in [-0.4, -0.2) is 30.7 Å². The smallest absolute Gasteiger partial charge is 0.337 e. The van der Waals surface area contributed by atoms with E-state index in [4.69, 9.17) is 5.11 Å². The molecule has 0 radical (unpaired) electrons. The van der Waals surface area contributed by atoms with Crippen LogP contribution < -0.4 is 0 Å². The summed E-state index contributed by atoms with van der Waals surface area (Å²) in [6, 6.07) is 2.78. The number of pyridine rings is 1. The number of hydrogen-bond acceptors (Lipinski definition) is 4. The molecule has 6 heteroatoms. The summed E-state index contributed by atoms with van der Waals surface area (Å²) in [5.41, 5.74) is 0.000394. The number of carboxylic acid groups (broad SMARTS) is 1. The number of carbonyl (C=O) groups is 1. The highest BCUT2D eigenvalue weighted by molar-refractivity contribution is 7.89. The molecule has 1 heterocycles. The Kier molecular flexibility index (Phi) is 2.85. The van der Waals surface area contributed by atoms with Crippen LogP contribution >= 0.6 is 0 Å². The van der Waals surface area contributed by atoms with Crippen molar-refractivity contribution in [2.24, 2.45) is 0 Å². The molecule has 0 unspecified atom stereocenters. The van der Waals surface area contributed by atoms with Crippen LogP contribution in [0.2, 0.25) is 0 Å². The molecule has 1 aromatic rings. The number of rotatable bonds is 3. The van der Waals surface area contributed by atoms with Crippen LogP contribution in [0.4, 0.5) is 0 Å². The summed E-state index contributed by atoms with van der Waals surface area (Å²) >= 11 is 0. The van der Waals surface area contributed by atoms with Crippen LogP contribution in [0.25, 0.3) is 0 Å². The molecule has 0 aliphatic heterocycles. The normalized spacial score (nSPS) is 11.2. The van der Waals surface area contributed by atoms with Crippen LogP contribution in [0.15, 0.2) is 18.3 Å². The predicted octanol–water partition coefficient (Wildman–Crippen LogP) is 0.324. The summed E-state index contributed by atoms with van der Waals surface area (Å²) in [5, 5.41) is 8.73. The summed E-state index contributed by atoms with van der Waals surface area (Å²) in [4.78, 5) is 14.4. The lowest BCUT2D eigenvalue weighted by atomic mass is 10.2. The molecule has 14 heavy (non-hydrogen) atoms. The summed E-state index contributed by atoms with van der Waals surface area (Å²) in [5.74, 6) is -1.52. The van der Waals surface area contributed by atoms with Crippen molar-refractivity contribution >= 4 is 15.8 Å². The maximum absolute atomic E-state index is 10.9. The van der Waals surface area contributed by atoms with E-state index in [0.717, 1.165) is 6.26 Å². The van der Waals surface area contributed by atoms with Gasteiger partial charge in [0.05, 0.1) is 17.0 Å². The van der Waals surface area contributed by atoms with Crippen LogP contribution in [0, 0.1) is 0 Å². The van der Waals surface area contributed by atoms with E-state index in [1.165, 1.54) is 18.3 Å². The van der Waals surface area contributed by atoms with Crippen LogP contribution in [0.3, 0.4) is 0 Å². The monoisotopic (exact) mass is 215 g/mol. The molecule has 0 saturated carbocycles. The first kappa shape index (κ1) is 10.6. The van der Waals surface area contributed by atoms with Crippen LogP contribution in [0.1, 0.15) is 16.1 Å². The number of nitrogens with zero attached hydrogens (tertiary/aromatic N) is 1. The third kappa shape index (κ3) is 2.81. The molecule has 0 bridgehead atoms. The zero-order chi connectivity index (χ0) is 10.8. The van der Waals surface area contributed by atoms with Gasteiger partial charge in [-0.25, -0.2) is 13.2 Å². The van der Waals surface area contributed by atoms with Gasteiger partial charge in [-0.2, -0.15) is 0 Å². The number of carboxylic acids is 1. The van der Waals surface area contributed by atoms with E-state index in [-0.39, 0.29) is 17.0 Å². The molecule has 5 nitrogen and oxygen atoms in total. The first-order chi connectivity index (χ1) is 6.40. The summed E-state index contributed by atoms with van der Waals surface area (Å²) in [7, 11) is -3.26. The average molecular weight is 215 g/mol. The number of aromatic carboxylic acids is 1. The Morgan fingerprint density at radius 3 is 2.71 bits per heavy atom. The zero-order valence-corrected chi connectivity index (χ0v) is 8.28. The number of aromatic nitrogens is 1. The quantitative estimate of drug-likeness (QED) is 0.785. The van der Waals surface area contributed by atoms with E-state index in [2.05, 4.69) is 4.98 Å². The molecule has 76 valence electrons. The highest BCUT2D eigenvalue weighted by Crippen LogP contribution is 2.08. The Labute approximate surface area is 81.3 Å². The molecule has 0 aliphatic rings. The molecule has 1 N–H and O–H groups in total. The lowest BCUT2D eigenvalue weighted by Gasteiger charge is -2.02. The molecule has 0 aliphatic carbocycles. The third-order valence-corrected chi connectivity index (χ3v) is 2.32. The number of hydrogen-bond donors (Lipinski definition) is 1. The van der Waals surface area contributed by atoms with Crippen LogP contribution in [-0.2, 0) is 15.6 Å². The van der Waals surface area contributed by atoms with Crippen molar-refractivity contribution in [3.05, 3.63) is 29.6 Å². The Morgan fingerprint density at radius 1 is 1.57 bits per heavy atom. The van der Waals surface area contributed by atoms with E-state index in [9.17, 15) is 13.2 Å². The third-order valence-electron chi connectivity index (χ3n) is 1.52. The molecule has 0 spiro atoms. The summed E-state index contributed by atoms with van der Waals surface area (Å²) < 4.78 is 21.9. The van der Waals surface area contributed by atoms with Crippen molar-refractivity contribution in [3.8, 4) is 0 Å². The van der Waals surface area contributed by atoms with Crippen molar-refractivity contribution < 1.29 is 18.3 Å². The lowest BCUT2D eigenvalue weighted by molar-refractivity contribution is 0.0695. The second-order valence-electron chi connectivity index (χ2n) is 2.87. The van der Waals surface area contributed by atoms with E-state index in [1.807, 2.05) is 0 Å². The standard InChI is InChI=1S/C8H9NO4S/c1-14(12,13)5-7-6(8(10)11)3-2-4-9-7/h2-4H,5H2,1H3,(H,10,11). The van der Waals surface area contributed by atoms with Gasteiger partial charge in [0.1, 0.15) is 0 Å². The summed E-state index contributed by atoms with van der Waals surface area (Å²) in [6.07, 6.45) is 2.40. The highest BCUT2D eigenvalue weighted by Gasteiger charge is 2.14. The lowest BCUT2D eigenvalue weighted by Crippen LogP contribution is -2.09. The average Bonchev–Trinajstić information content (AvgIpc) is 2.01. The van der Waals surface area contributed by atoms with E-state index >= 15 is 0 Å². The Hall–Kier alpha value is -1.43. The fraction of sp³-hybridized carbons (Fsp3) is 0.250. The van der Waals surface area contributed by atoms with Crippen molar-refractivity contribution in [2.75, 3.05) is 6.26 Å². The van der Waals surface area contributed by atoms with Gasteiger partial charge in [0.15, 0.2) is 9.84 Å². The van der Waals surface area contributed by atoms with Gasteiger partial charge in [-0.05, 0) is 12.1 Å². The van der Waals surface area contributed by atoms with Gasteiger partial charge < -0.3 is 5.11 Å². The van der Waals surface area contributed by atoms with Gasteiger partial charge in [0.25, 0.3) is 0 Å². The number of sulfone groups is 1. The van der Waals surface area contributed by atoms with Gasteiger partial charge in [-0.3, -0.25) is 4.98 Å². The minimum absolute atomic E-state index is 0.0714. The van der Waals surface area contributed by atoms with Crippen molar-refractivity contribution in [3.63, 3.8) is 0 Å². The molecule has 1 aromatic heterocycles. The van der Waals surface area contributed by atoms with Gasteiger partial charge in [-0.15, -0.1) is 0 Å². The Balaban J connectivity index is 3.15. The molecule has 1 rings (SSSR count). The zero-order valence-electron chi connectivity index (χ0n) is 7.47. The fourth-order valence-electron chi connectivity index (χ4n) is 0.996. The minimum Gasteiger partial charge on any atom is -0.478 e. The molecule has 0 atom stereocenters. The largest absolute Gasteiger partial charge is 0.478 e. The highest BCUT2D eigenvalue weighted by atomic mass is 32.2. The van der Waals surface area contributed by atoms with Crippen molar-refractivity contribution in [2.45, 2.75) is 5.75 Å². The molecule has 0 amide bonds. The molecular formula is C8H9NO4S. The predicted molar refractivity (Wildman–Crippen MR) is 49.7 cm³/mol. The maximum atomic E-state index is 10.9. The first-order valence-corrected chi connectivity index (χ1v) is 5.81. The topological polar surface area (TPSA) is 84.3 Å².